The number of nitrogens with zero attached hydrogens (tertiary/aromatic N) is 3. The van der Waals surface area contributed by atoms with Crippen LogP contribution in [0.1, 0.15) is 39.5 Å². The minimum absolute atomic E-state index is 0.430. The van der Waals surface area contributed by atoms with Crippen LogP contribution in [0.3, 0.4) is 0 Å². The lowest BCUT2D eigenvalue weighted by Crippen LogP contribution is -2.44. The van der Waals surface area contributed by atoms with Gasteiger partial charge in [-0.1, -0.05) is 13.3 Å². The number of hydrogen-bond donors (Lipinski definition) is 0. The molecule has 0 amide bonds. The number of hydrogen-bond acceptors (Lipinski definition) is 3. The Bertz CT molecular complexity index is 234. The van der Waals surface area contributed by atoms with Crippen LogP contribution >= 0.6 is 0 Å². The van der Waals surface area contributed by atoms with Gasteiger partial charge in [0.25, 0.3) is 0 Å². The van der Waals surface area contributed by atoms with Gasteiger partial charge in [-0.3, -0.25) is 4.90 Å². The molecule has 0 radical (unpaired) electrons. The first kappa shape index (κ1) is 13.5. The highest BCUT2D eigenvalue weighted by Crippen LogP contribution is 2.18. The molecule has 0 aromatic heterocycles. The lowest BCUT2D eigenvalue weighted by atomic mass is 10.1. The molecule has 16 heavy (non-hydrogen) atoms. The Balaban J connectivity index is 2.65. The molecule has 2 unspecified atom stereocenters. The van der Waals surface area contributed by atoms with Gasteiger partial charge in [0.1, 0.15) is 0 Å². The van der Waals surface area contributed by atoms with E-state index < -0.39 is 0 Å². The van der Waals surface area contributed by atoms with E-state index in [2.05, 4.69) is 36.8 Å². The minimum Gasteiger partial charge on any atom is -0.305 e. The quantitative estimate of drug-likeness (QED) is 0.731. The van der Waals surface area contributed by atoms with E-state index >= 15 is 0 Å². The molecule has 0 saturated carbocycles. The first-order chi connectivity index (χ1) is 7.69. The summed E-state index contributed by atoms with van der Waals surface area (Å²) in [4.78, 5) is 4.92. The number of likely N-dealkylation sites (N-methyl/N-ethyl adjacent to an activating group) is 1. The van der Waals surface area contributed by atoms with Gasteiger partial charge in [0.05, 0.1) is 12.5 Å². The van der Waals surface area contributed by atoms with Gasteiger partial charge < -0.3 is 4.90 Å². The summed E-state index contributed by atoms with van der Waals surface area (Å²) in [6, 6.07) is 3.39. The predicted octanol–water partition coefficient (Wildman–Crippen LogP) is 2.09. The average Bonchev–Trinajstić information content (AvgIpc) is 2.38. The van der Waals surface area contributed by atoms with Gasteiger partial charge in [0.15, 0.2) is 0 Å². The fourth-order valence-electron chi connectivity index (χ4n) is 2.52. The maximum atomic E-state index is 8.93. The lowest BCUT2D eigenvalue weighted by molar-refractivity contribution is 0.144. The van der Waals surface area contributed by atoms with E-state index in [0.29, 0.717) is 18.5 Å². The van der Waals surface area contributed by atoms with E-state index in [-0.39, 0.29) is 0 Å². The standard InChI is InChI=1S/C13H25N3/c1-4-5-9-16-12(2)7-10-15(3)11-13(16)6-8-14/h12-13H,4-7,9-11H2,1-3H3. The number of unbranched alkanes of at least 4 members (excludes halogenated alkanes) is 1. The van der Waals surface area contributed by atoms with Crippen molar-refractivity contribution in [1.29, 1.82) is 5.26 Å². The Morgan fingerprint density at radius 2 is 2.19 bits per heavy atom. The van der Waals surface area contributed by atoms with E-state index in [0.717, 1.165) is 19.6 Å². The van der Waals surface area contributed by atoms with Gasteiger partial charge in [-0.25, -0.2) is 0 Å². The highest BCUT2D eigenvalue weighted by Gasteiger charge is 2.27. The van der Waals surface area contributed by atoms with Crippen LogP contribution in [0, 0.1) is 11.3 Å². The van der Waals surface area contributed by atoms with E-state index in [4.69, 9.17) is 5.26 Å². The maximum Gasteiger partial charge on any atom is 0.0638 e. The normalized spacial score (nSPS) is 28.6. The summed E-state index contributed by atoms with van der Waals surface area (Å²) in [5.74, 6) is 0. The van der Waals surface area contributed by atoms with Crippen LogP contribution in [0.25, 0.3) is 0 Å². The van der Waals surface area contributed by atoms with Crippen LogP contribution in [-0.2, 0) is 0 Å². The molecular formula is C13H25N3. The van der Waals surface area contributed by atoms with Crippen molar-refractivity contribution in [3.63, 3.8) is 0 Å². The number of nitriles is 1. The SMILES string of the molecule is CCCCN1C(C)CCN(C)CC1CC#N. The van der Waals surface area contributed by atoms with E-state index in [1.54, 1.807) is 0 Å². The van der Waals surface area contributed by atoms with Gasteiger partial charge in [0, 0.05) is 18.6 Å². The van der Waals surface area contributed by atoms with Crippen molar-refractivity contribution in [2.24, 2.45) is 0 Å². The molecule has 1 saturated heterocycles. The second-order valence-electron chi connectivity index (χ2n) is 5.01. The van der Waals surface area contributed by atoms with Gasteiger partial charge >= 0.3 is 0 Å². The summed E-state index contributed by atoms with van der Waals surface area (Å²) in [6.07, 6.45) is 4.37. The van der Waals surface area contributed by atoms with Crippen LogP contribution in [0.15, 0.2) is 0 Å². The molecule has 0 aliphatic carbocycles. The van der Waals surface area contributed by atoms with E-state index in [1.165, 1.54) is 19.3 Å². The van der Waals surface area contributed by atoms with Crippen LogP contribution in [0.4, 0.5) is 0 Å². The zero-order chi connectivity index (χ0) is 12.0. The zero-order valence-electron chi connectivity index (χ0n) is 10.9. The molecule has 1 fully saturated rings. The van der Waals surface area contributed by atoms with Crippen molar-refractivity contribution < 1.29 is 0 Å². The molecule has 1 heterocycles. The first-order valence-electron chi connectivity index (χ1n) is 6.50. The zero-order valence-corrected chi connectivity index (χ0v) is 10.9. The Hall–Kier alpha value is -0.590. The third-order valence-corrected chi connectivity index (χ3v) is 3.58. The summed E-state index contributed by atoms with van der Waals surface area (Å²) in [7, 11) is 2.17. The fourth-order valence-corrected chi connectivity index (χ4v) is 2.52. The summed E-state index contributed by atoms with van der Waals surface area (Å²) in [5.41, 5.74) is 0. The Kier molecular flexibility index (Phi) is 5.79. The molecular weight excluding hydrogens is 198 g/mol. The highest BCUT2D eigenvalue weighted by molar-refractivity contribution is 4.89. The van der Waals surface area contributed by atoms with Gasteiger partial charge in [-0.2, -0.15) is 5.26 Å². The maximum absolute atomic E-state index is 8.93. The second-order valence-corrected chi connectivity index (χ2v) is 5.01. The molecule has 0 aromatic rings. The molecule has 1 rings (SSSR count). The molecule has 1 aliphatic heterocycles. The van der Waals surface area contributed by atoms with Crippen LogP contribution in [-0.4, -0.2) is 48.6 Å². The largest absolute Gasteiger partial charge is 0.305 e. The number of rotatable bonds is 4. The van der Waals surface area contributed by atoms with E-state index in [9.17, 15) is 0 Å². The van der Waals surface area contributed by atoms with Crippen molar-refractivity contribution in [3.8, 4) is 6.07 Å². The Morgan fingerprint density at radius 1 is 1.44 bits per heavy atom. The summed E-state index contributed by atoms with van der Waals surface area (Å²) in [6.45, 7) is 7.89. The van der Waals surface area contributed by atoms with Crippen LogP contribution in [0.2, 0.25) is 0 Å². The van der Waals surface area contributed by atoms with Crippen molar-refractivity contribution in [2.75, 3.05) is 26.7 Å². The van der Waals surface area contributed by atoms with Crippen LogP contribution in [0.5, 0.6) is 0 Å². The molecule has 0 spiro atoms. The summed E-state index contributed by atoms with van der Waals surface area (Å²) < 4.78 is 0. The molecule has 2 atom stereocenters. The van der Waals surface area contributed by atoms with Gasteiger partial charge in [-0.15, -0.1) is 0 Å². The van der Waals surface area contributed by atoms with Gasteiger partial charge in [-0.05, 0) is 39.9 Å². The van der Waals surface area contributed by atoms with Crippen molar-refractivity contribution >= 4 is 0 Å². The molecule has 0 N–H and O–H groups in total. The monoisotopic (exact) mass is 223 g/mol. The van der Waals surface area contributed by atoms with Gasteiger partial charge in [0.2, 0.25) is 0 Å². The van der Waals surface area contributed by atoms with E-state index in [1.807, 2.05) is 0 Å². The van der Waals surface area contributed by atoms with Crippen molar-refractivity contribution in [3.05, 3.63) is 0 Å². The molecule has 3 nitrogen and oxygen atoms in total. The lowest BCUT2D eigenvalue weighted by Gasteiger charge is -2.33. The molecule has 92 valence electrons. The molecule has 1 aliphatic rings. The average molecular weight is 223 g/mol. The first-order valence-corrected chi connectivity index (χ1v) is 6.50. The fraction of sp³-hybridized carbons (Fsp3) is 0.923. The Labute approximate surface area is 100 Å². The third-order valence-electron chi connectivity index (χ3n) is 3.58. The Morgan fingerprint density at radius 3 is 2.81 bits per heavy atom. The molecule has 0 aromatic carbocycles. The van der Waals surface area contributed by atoms with Crippen LogP contribution < -0.4 is 0 Å². The summed E-state index contributed by atoms with van der Waals surface area (Å²) in [5, 5.41) is 8.93. The molecule has 0 bridgehead atoms. The topological polar surface area (TPSA) is 30.3 Å². The van der Waals surface area contributed by atoms with Crippen molar-refractivity contribution in [1.82, 2.24) is 9.80 Å². The summed E-state index contributed by atoms with van der Waals surface area (Å²) >= 11 is 0. The third kappa shape index (κ3) is 3.77. The smallest absolute Gasteiger partial charge is 0.0638 e. The minimum atomic E-state index is 0.430. The van der Waals surface area contributed by atoms with Crippen molar-refractivity contribution in [2.45, 2.75) is 51.6 Å². The molecule has 3 heteroatoms. The highest BCUT2D eigenvalue weighted by atomic mass is 15.2. The predicted molar refractivity (Wildman–Crippen MR) is 67.2 cm³/mol. The second kappa shape index (κ2) is 6.88.